The van der Waals surface area contributed by atoms with Gasteiger partial charge in [0.2, 0.25) is 0 Å². The molecule has 0 saturated heterocycles. The van der Waals surface area contributed by atoms with Crippen LogP contribution >= 0.6 is 7.60 Å². The van der Waals surface area contributed by atoms with Gasteiger partial charge < -0.3 is 24.0 Å². The van der Waals surface area contributed by atoms with Crippen molar-refractivity contribution in [3.63, 3.8) is 0 Å². The first-order valence-corrected chi connectivity index (χ1v) is 12.8. The molecule has 0 heterocycles. The van der Waals surface area contributed by atoms with E-state index in [1.807, 2.05) is 34.6 Å². The normalized spacial score (nSPS) is 14.8. The summed E-state index contributed by atoms with van der Waals surface area (Å²) in [5, 5.41) is 19.8. The summed E-state index contributed by atoms with van der Waals surface area (Å²) in [6.45, 7) is 16.7. The van der Waals surface area contributed by atoms with E-state index in [1.54, 1.807) is 39.8 Å². The van der Waals surface area contributed by atoms with E-state index >= 15 is 0 Å². The van der Waals surface area contributed by atoms with Crippen molar-refractivity contribution in [2.45, 2.75) is 91.1 Å². The van der Waals surface area contributed by atoms with Crippen LogP contribution in [-0.4, -0.2) is 41.2 Å². The Morgan fingerprint density at radius 2 is 1.31 bits per heavy atom. The van der Waals surface area contributed by atoms with E-state index in [2.05, 4.69) is 0 Å². The lowest BCUT2D eigenvalue weighted by atomic mass is 9.76. The molecule has 0 aliphatic rings. The lowest BCUT2D eigenvalue weighted by molar-refractivity contribution is -0.146. The highest BCUT2D eigenvalue weighted by Crippen LogP contribution is 2.63. The maximum atomic E-state index is 13.6. The summed E-state index contributed by atoms with van der Waals surface area (Å²) in [4.78, 5) is 12.9. The molecule has 1 rings (SSSR count). The van der Waals surface area contributed by atoms with Crippen LogP contribution in [0.3, 0.4) is 0 Å². The molecule has 0 amide bonds. The molecule has 0 spiro atoms. The standard InChI is InChI=1S/C24H41O7P/c1-10-29-21(27)24(9,32(28,30-11-2)31-12-3)14-13-23(7,8)18-16-19(25)17(15-20(18)26)22(4,5)6/h15-16,25-26H,10-14H2,1-9H3. The maximum absolute atomic E-state index is 13.6. The molecule has 0 aliphatic carbocycles. The molecule has 7 nitrogen and oxygen atoms in total. The van der Waals surface area contributed by atoms with Gasteiger partial charge in [-0.3, -0.25) is 9.36 Å². The Hall–Kier alpha value is -1.56. The summed E-state index contributed by atoms with van der Waals surface area (Å²) in [7, 11) is -3.84. The number of carbonyl (C=O) groups is 1. The fourth-order valence-electron chi connectivity index (χ4n) is 3.71. The number of ether oxygens (including phenoxy) is 1. The first-order valence-electron chi connectivity index (χ1n) is 11.2. The Labute approximate surface area is 193 Å². The van der Waals surface area contributed by atoms with E-state index in [4.69, 9.17) is 13.8 Å². The van der Waals surface area contributed by atoms with Crippen molar-refractivity contribution in [3.05, 3.63) is 23.3 Å². The lowest BCUT2D eigenvalue weighted by Crippen LogP contribution is -2.40. The van der Waals surface area contributed by atoms with E-state index in [1.165, 1.54) is 0 Å². The zero-order valence-corrected chi connectivity index (χ0v) is 22.0. The third-order valence-corrected chi connectivity index (χ3v) is 8.62. The van der Waals surface area contributed by atoms with Crippen LogP contribution in [0.25, 0.3) is 0 Å². The average molecular weight is 473 g/mol. The van der Waals surface area contributed by atoms with Gasteiger partial charge in [-0.15, -0.1) is 0 Å². The van der Waals surface area contributed by atoms with Crippen molar-refractivity contribution < 1.29 is 33.4 Å². The van der Waals surface area contributed by atoms with Gasteiger partial charge in [0.1, 0.15) is 11.5 Å². The highest BCUT2D eigenvalue weighted by Gasteiger charge is 2.54. The van der Waals surface area contributed by atoms with E-state index in [-0.39, 0.29) is 43.2 Å². The van der Waals surface area contributed by atoms with Crippen LogP contribution in [0, 0.1) is 0 Å². The van der Waals surface area contributed by atoms with Crippen LogP contribution in [0.2, 0.25) is 0 Å². The topological polar surface area (TPSA) is 102 Å². The van der Waals surface area contributed by atoms with Gasteiger partial charge in [-0.25, -0.2) is 0 Å². The molecule has 8 heteroatoms. The molecule has 0 radical (unpaired) electrons. The fraction of sp³-hybridized carbons (Fsp3) is 0.708. The summed E-state index contributed by atoms with van der Waals surface area (Å²) in [6.07, 6.45) is 0.492. The average Bonchev–Trinajstić information content (AvgIpc) is 2.67. The number of phenolic OH excluding ortho intramolecular Hbond substituents is 2. The van der Waals surface area contributed by atoms with Crippen molar-refractivity contribution in [2.24, 2.45) is 0 Å². The van der Waals surface area contributed by atoms with Crippen LogP contribution in [0.15, 0.2) is 12.1 Å². The molecule has 32 heavy (non-hydrogen) atoms. The number of rotatable bonds is 11. The van der Waals surface area contributed by atoms with E-state index < -0.39 is 24.1 Å². The quantitative estimate of drug-likeness (QED) is 0.230. The van der Waals surface area contributed by atoms with Gasteiger partial charge in [0.15, 0.2) is 5.16 Å². The molecule has 0 saturated carbocycles. The number of esters is 1. The second-order valence-electron chi connectivity index (χ2n) is 9.85. The number of aromatic hydroxyl groups is 2. The first-order chi connectivity index (χ1) is 14.6. The molecule has 0 aromatic heterocycles. The Morgan fingerprint density at radius 1 is 0.844 bits per heavy atom. The number of benzene rings is 1. The highest BCUT2D eigenvalue weighted by molar-refractivity contribution is 7.56. The molecule has 0 bridgehead atoms. The molecule has 2 N–H and O–H groups in total. The molecule has 1 unspecified atom stereocenters. The summed E-state index contributed by atoms with van der Waals surface area (Å²) < 4.78 is 29.9. The van der Waals surface area contributed by atoms with E-state index in [0.29, 0.717) is 17.5 Å². The van der Waals surface area contributed by atoms with Crippen molar-refractivity contribution >= 4 is 13.6 Å². The Kier molecular flexibility index (Phi) is 9.41. The number of carbonyl (C=O) groups excluding carboxylic acids is 1. The number of hydrogen-bond donors (Lipinski definition) is 2. The van der Waals surface area contributed by atoms with Crippen LogP contribution in [0.4, 0.5) is 0 Å². The van der Waals surface area contributed by atoms with Crippen LogP contribution < -0.4 is 0 Å². The molecule has 1 aromatic rings. The van der Waals surface area contributed by atoms with Crippen molar-refractivity contribution in [3.8, 4) is 11.5 Å². The van der Waals surface area contributed by atoms with Crippen LogP contribution in [-0.2, 0) is 34.0 Å². The third-order valence-electron chi connectivity index (χ3n) is 5.81. The SMILES string of the molecule is CCOC(=O)C(C)(CCC(C)(C)c1cc(O)c(C(C)(C)C)cc1O)P(=O)(OCC)OCC. The number of hydrogen-bond acceptors (Lipinski definition) is 7. The molecule has 1 aromatic carbocycles. The Bertz CT molecular complexity index is 831. The van der Waals surface area contributed by atoms with Gasteiger partial charge in [0.25, 0.3) is 0 Å². The predicted octanol–water partition coefficient (Wildman–Crippen LogP) is 6.04. The third kappa shape index (κ3) is 6.06. The minimum Gasteiger partial charge on any atom is -0.508 e. The zero-order valence-electron chi connectivity index (χ0n) is 21.1. The van der Waals surface area contributed by atoms with Gasteiger partial charge in [-0.05, 0) is 63.5 Å². The van der Waals surface area contributed by atoms with Gasteiger partial charge in [0.05, 0.1) is 19.8 Å². The van der Waals surface area contributed by atoms with Crippen molar-refractivity contribution in [2.75, 3.05) is 19.8 Å². The summed E-state index contributed by atoms with van der Waals surface area (Å²) in [6, 6.07) is 3.16. The minimum absolute atomic E-state index is 0.0633. The highest BCUT2D eigenvalue weighted by atomic mass is 31.2. The van der Waals surface area contributed by atoms with Gasteiger partial charge in [-0.2, -0.15) is 0 Å². The van der Waals surface area contributed by atoms with Gasteiger partial charge in [-0.1, -0.05) is 34.6 Å². The number of phenols is 2. The summed E-state index contributed by atoms with van der Waals surface area (Å²) >= 11 is 0. The lowest BCUT2D eigenvalue weighted by Gasteiger charge is -2.36. The molecule has 1 atom stereocenters. The van der Waals surface area contributed by atoms with Gasteiger partial charge in [0, 0.05) is 11.1 Å². The smallest absolute Gasteiger partial charge is 0.347 e. The monoisotopic (exact) mass is 472 g/mol. The second-order valence-corrected chi connectivity index (χ2v) is 12.3. The Morgan fingerprint density at radius 3 is 1.75 bits per heavy atom. The molecule has 0 fully saturated rings. The van der Waals surface area contributed by atoms with E-state index in [0.717, 1.165) is 0 Å². The summed E-state index contributed by atoms with van der Waals surface area (Å²) in [5.74, 6) is -0.481. The van der Waals surface area contributed by atoms with E-state index in [9.17, 15) is 19.6 Å². The largest absolute Gasteiger partial charge is 0.508 e. The Balaban J connectivity index is 3.39. The van der Waals surface area contributed by atoms with Crippen LogP contribution in [0.5, 0.6) is 11.5 Å². The van der Waals surface area contributed by atoms with Crippen molar-refractivity contribution in [1.82, 2.24) is 0 Å². The first kappa shape index (κ1) is 28.5. The minimum atomic E-state index is -3.84. The molecular formula is C24H41O7P. The molecule has 0 aliphatic heterocycles. The zero-order chi connectivity index (χ0) is 25.0. The summed E-state index contributed by atoms with van der Waals surface area (Å²) in [5.41, 5.74) is 0.184. The van der Waals surface area contributed by atoms with Crippen molar-refractivity contribution in [1.29, 1.82) is 0 Å². The fourth-order valence-corrected chi connectivity index (χ4v) is 5.71. The second kappa shape index (κ2) is 10.6. The molecular weight excluding hydrogens is 431 g/mol. The van der Waals surface area contributed by atoms with Crippen LogP contribution in [0.1, 0.15) is 86.3 Å². The maximum Gasteiger partial charge on any atom is 0.347 e. The molecule has 184 valence electrons. The van der Waals surface area contributed by atoms with Gasteiger partial charge >= 0.3 is 13.6 Å². The predicted molar refractivity (Wildman–Crippen MR) is 127 cm³/mol.